The number of aliphatic hydroxyl groups excluding tert-OH is 1. The molecule has 0 bridgehead atoms. The van der Waals surface area contributed by atoms with E-state index in [9.17, 15) is 9.90 Å². The Hall–Kier alpha value is -1.07. The Labute approximate surface area is 102 Å². The molecule has 88 valence electrons. The maximum Gasteiger partial charge on any atom is 0.335 e. The van der Waals surface area contributed by atoms with Crippen molar-refractivity contribution < 1.29 is 19.4 Å². The number of aliphatic hydroxyl groups is 1. The van der Waals surface area contributed by atoms with Crippen molar-refractivity contribution in [1.82, 2.24) is 0 Å². The molecule has 0 heterocycles. The van der Waals surface area contributed by atoms with Crippen molar-refractivity contribution in [2.75, 3.05) is 14.2 Å². The second-order valence-corrected chi connectivity index (χ2v) is 4.05. The van der Waals surface area contributed by atoms with Crippen LogP contribution in [0.1, 0.15) is 5.56 Å². The fraction of sp³-hybridized carbons (Fsp3) is 0.364. The Morgan fingerprint density at radius 1 is 1.50 bits per heavy atom. The first kappa shape index (κ1) is 13.0. The summed E-state index contributed by atoms with van der Waals surface area (Å²) in [4.78, 5) is 11.1. The lowest BCUT2D eigenvalue weighted by Crippen LogP contribution is -2.24. The van der Waals surface area contributed by atoms with E-state index in [0.717, 1.165) is 10.0 Å². The molecular weight excluding hydrogens is 276 g/mol. The van der Waals surface area contributed by atoms with Gasteiger partial charge in [-0.3, -0.25) is 0 Å². The average molecular weight is 289 g/mol. The van der Waals surface area contributed by atoms with Crippen molar-refractivity contribution in [2.45, 2.75) is 12.5 Å². The average Bonchev–Trinajstić information content (AvgIpc) is 2.30. The van der Waals surface area contributed by atoms with Gasteiger partial charge in [-0.1, -0.05) is 15.9 Å². The van der Waals surface area contributed by atoms with Crippen molar-refractivity contribution in [3.63, 3.8) is 0 Å². The van der Waals surface area contributed by atoms with E-state index in [1.54, 1.807) is 25.3 Å². The summed E-state index contributed by atoms with van der Waals surface area (Å²) in [5.41, 5.74) is 0.789. The third kappa shape index (κ3) is 3.21. The number of hydrogen-bond acceptors (Lipinski definition) is 4. The topological polar surface area (TPSA) is 55.8 Å². The van der Waals surface area contributed by atoms with Gasteiger partial charge in [-0.15, -0.1) is 0 Å². The van der Waals surface area contributed by atoms with Gasteiger partial charge in [-0.2, -0.15) is 0 Å². The van der Waals surface area contributed by atoms with Gasteiger partial charge in [-0.05, 0) is 23.8 Å². The first-order valence-electron chi connectivity index (χ1n) is 4.66. The normalized spacial score (nSPS) is 12.0. The third-order valence-electron chi connectivity index (χ3n) is 2.14. The maximum absolute atomic E-state index is 11.1. The number of hydrogen-bond donors (Lipinski definition) is 1. The minimum Gasteiger partial charge on any atom is -0.497 e. The number of benzene rings is 1. The second-order valence-electron chi connectivity index (χ2n) is 3.20. The predicted molar refractivity (Wildman–Crippen MR) is 62.4 cm³/mol. The van der Waals surface area contributed by atoms with Crippen LogP contribution in [0.4, 0.5) is 0 Å². The molecule has 0 aliphatic heterocycles. The van der Waals surface area contributed by atoms with Crippen LogP contribution in [0.2, 0.25) is 0 Å². The Morgan fingerprint density at radius 3 is 2.75 bits per heavy atom. The number of halogens is 1. The van der Waals surface area contributed by atoms with Crippen molar-refractivity contribution in [3.05, 3.63) is 28.2 Å². The summed E-state index contributed by atoms with van der Waals surface area (Å²) in [6.07, 6.45) is -0.974. The van der Waals surface area contributed by atoms with E-state index in [1.807, 2.05) is 0 Å². The number of ether oxygens (including phenoxy) is 2. The predicted octanol–water partition coefficient (Wildman–Crippen LogP) is 1.53. The van der Waals surface area contributed by atoms with Gasteiger partial charge in [0.2, 0.25) is 0 Å². The van der Waals surface area contributed by atoms with Crippen LogP contribution in [0.15, 0.2) is 22.7 Å². The van der Waals surface area contributed by atoms with Crippen LogP contribution < -0.4 is 4.74 Å². The van der Waals surface area contributed by atoms with Crippen molar-refractivity contribution in [2.24, 2.45) is 0 Å². The number of methoxy groups -OCH3 is 2. The number of carbonyl (C=O) groups excluding carboxylic acids is 1. The molecule has 0 amide bonds. The summed E-state index contributed by atoms with van der Waals surface area (Å²) >= 11 is 3.34. The summed E-state index contributed by atoms with van der Waals surface area (Å²) in [5, 5.41) is 9.52. The largest absolute Gasteiger partial charge is 0.497 e. The van der Waals surface area contributed by atoms with Crippen LogP contribution in [0.25, 0.3) is 0 Å². The quantitative estimate of drug-likeness (QED) is 0.854. The smallest absolute Gasteiger partial charge is 0.335 e. The van der Waals surface area contributed by atoms with Crippen LogP contribution in [-0.4, -0.2) is 31.4 Å². The molecule has 0 saturated heterocycles. The fourth-order valence-electron chi connectivity index (χ4n) is 1.26. The van der Waals surface area contributed by atoms with Crippen molar-refractivity contribution in [3.8, 4) is 5.75 Å². The number of esters is 1. The van der Waals surface area contributed by atoms with E-state index in [-0.39, 0.29) is 6.42 Å². The molecule has 0 aliphatic carbocycles. The third-order valence-corrected chi connectivity index (χ3v) is 2.91. The summed E-state index contributed by atoms with van der Waals surface area (Å²) in [6, 6.07) is 5.35. The fourth-order valence-corrected chi connectivity index (χ4v) is 1.67. The van der Waals surface area contributed by atoms with Gasteiger partial charge < -0.3 is 14.6 Å². The zero-order valence-corrected chi connectivity index (χ0v) is 10.7. The zero-order chi connectivity index (χ0) is 12.1. The molecule has 1 aromatic rings. The molecule has 0 saturated carbocycles. The summed E-state index contributed by atoms with van der Waals surface area (Å²) in [7, 11) is 2.80. The Balaban J connectivity index is 2.83. The molecule has 0 aliphatic rings. The second kappa shape index (κ2) is 5.86. The van der Waals surface area contributed by atoms with Crippen molar-refractivity contribution in [1.29, 1.82) is 0 Å². The van der Waals surface area contributed by atoms with Crippen LogP contribution in [0.5, 0.6) is 5.75 Å². The first-order chi connectivity index (χ1) is 7.58. The SMILES string of the molecule is COC(=O)C(O)Cc1cc(OC)ccc1Br. The number of carbonyl (C=O) groups is 1. The first-order valence-corrected chi connectivity index (χ1v) is 5.46. The minimum atomic E-state index is -1.16. The van der Waals surface area contributed by atoms with Gasteiger partial charge in [0.1, 0.15) is 5.75 Å². The van der Waals surface area contributed by atoms with Gasteiger partial charge in [0.25, 0.3) is 0 Å². The molecule has 16 heavy (non-hydrogen) atoms. The lowest BCUT2D eigenvalue weighted by Gasteiger charge is -2.11. The Morgan fingerprint density at radius 2 is 2.19 bits per heavy atom. The van der Waals surface area contributed by atoms with Crippen LogP contribution >= 0.6 is 15.9 Å². The molecular formula is C11H13BrO4. The molecule has 0 spiro atoms. The highest BCUT2D eigenvalue weighted by Crippen LogP contribution is 2.23. The highest BCUT2D eigenvalue weighted by Gasteiger charge is 2.17. The van der Waals surface area contributed by atoms with Crippen LogP contribution in [-0.2, 0) is 16.0 Å². The summed E-state index contributed by atoms with van der Waals surface area (Å²) < 4.78 is 10.3. The molecule has 1 unspecified atom stereocenters. The summed E-state index contributed by atoms with van der Waals surface area (Å²) in [5.74, 6) is 0.0324. The Kier molecular flexibility index (Phi) is 4.76. The molecule has 1 rings (SSSR count). The van der Waals surface area contributed by atoms with E-state index in [0.29, 0.717) is 5.75 Å². The van der Waals surface area contributed by atoms with Gasteiger partial charge in [0.05, 0.1) is 14.2 Å². The molecule has 0 radical (unpaired) electrons. The van der Waals surface area contributed by atoms with Crippen LogP contribution in [0.3, 0.4) is 0 Å². The van der Waals surface area contributed by atoms with Gasteiger partial charge in [0.15, 0.2) is 6.10 Å². The van der Waals surface area contributed by atoms with E-state index >= 15 is 0 Å². The number of rotatable bonds is 4. The zero-order valence-electron chi connectivity index (χ0n) is 9.07. The van der Waals surface area contributed by atoms with Gasteiger partial charge in [-0.25, -0.2) is 4.79 Å². The monoisotopic (exact) mass is 288 g/mol. The minimum absolute atomic E-state index is 0.185. The lowest BCUT2D eigenvalue weighted by atomic mass is 10.1. The lowest BCUT2D eigenvalue weighted by molar-refractivity contribution is -0.150. The highest BCUT2D eigenvalue weighted by atomic mass is 79.9. The highest BCUT2D eigenvalue weighted by molar-refractivity contribution is 9.10. The molecule has 0 fully saturated rings. The van der Waals surface area contributed by atoms with E-state index in [4.69, 9.17) is 4.74 Å². The molecule has 4 nitrogen and oxygen atoms in total. The van der Waals surface area contributed by atoms with E-state index < -0.39 is 12.1 Å². The molecule has 1 aromatic carbocycles. The van der Waals surface area contributed by atoms with Crippen molar-refractivity contribution >= 4 is 21.9 Å². The molecule has 1 atom stereocenters. The van der Waals surface area contributed by atoms with Gasteiger partial charge >= 0.3 is 5.97 Å². The van der Waals surface area contributed by atoms with E-state index in [1.165, 1.54) is 7.11 Å². The van der Waals surface area contributed by atoms with Crippen LogP contribution in [0, 0.1) is 0 Å². The maximum atomic E-state index is 11.1. The molecule has 0 aromatic heterocycles. The molecule has 1 N–H and O–H groups in total. The Bertz CT molecular complexity index is 378. The van der Waals surface area contributed by atoms with Gasteiger partial charge in [0, 0.05) is 10.9 Å². The molecule has 5 heteroatoms. The standard InChI is InChI=1S/C11H13BrO4/c1-15-8-3-4-9(12)7(5-8)6-10(13)11(14)16-2/h3-5,10,13H,6H2,1-2H3. The summed E-state index contributed by atoms with van der Waals surface area (Å²) in [6.45, 7) is 0. The van der Waals surface area contributed by atoms with E-state index in [2.05, 4.69) is 20.7 Å².